The molecular weight excluding hydrogens is 502 g/mol. The highest BCUT2D eigenvalue weighted by molar-refractivity contribution is 5.65. The van der Waals surface area contributed by atoms with E-state index in [9.17, 15) is 5.11 Å². The highest BCUT2D eigenvalue weighted by Crippen LogP contribution is 2.45. The van der Waals surface area contributed by atoms with Crippen molar-refractivity contribution in [3.8, 4) is 11.1 Å². The summed E-state index contributed by atoms with van der Waals surface area (Å²) in [5.74, 6) is 2.24. The van der Waals surface area contributed by atoms with Crippen LogP contribution in [0.2, 0.25) is 0 Å². The highest BCUT2D eigenvalue weighted by atomic mass is 19.1. The molecule has 40 heavy (non-hydrogen) atoms. The van der Waals surface area contributed by atoms with E-state index in [-0.39, 0.29) is 23.7 Å². The van der Waals surface area contributed by atoms with Crippen LogP contribution < -0.4 is 0 Å². The van der Waals surface area contributed by atoms with Gasteiger partial charge in [-0.3, -0.25) is 0 Å². The van der Waals surface area contributed by atoms with E-state index in [1.54, 1.807) is 6.07 Å². The normalized spacial score (nSPS) is 30.2. The first-order chi connectivity index (χ1) is 19.5. The van der Waals surface area contributed by atoms with E-state index in [4.69, 9.17) is 4.74 Å². The van der Waals surface area contributed by atoms with E-state index >= 15 is 8.78 Å². The van der Waals surface area contributed by atoms with Gasteiger partial charge in [-0.25, -0.2) is 8.78 Å². The molecule has 0 radical (unpaired) electrons. The summed E-state index contributed by atoms with van der Waals surface area (Å²) in [7, 11) is 0. The Hall–Kier alpha value is -1.78. The number of aliphatic hydroxyl groups is 1. The molecule has 0 aromatic heterocycles. The topological polar surface area (TPSA) is 29.5 Å². The minimum absolute atomic E-state index is 0.111. The third-order valence-corrected chi connectivity index (χ3v) is 10.7. The standard InChI is InChI=1S/C36H50F2O2/c1-3-5-36(39)28-12-10-25(11-13-28)24-6-8-26(9-7-24)29-16-20-33(34(37)22-29)30-17-21-32(35(38)23-30)27-14-18-31(19-15-27)40-4-2/h16-17,20-28,31,36,39H,3-15,18-19H2,1-2H3. The van der Waals surface area contributed by atoms with Crippen molar-refractivity contribution in [2.24, 2.45) is 17.8 Å². The summed E-state index contributed by atoms with van der Waals surface area (Å²) >= 11 is 0. The minimum Gasteiger partial charge on any atom is -0.393 e. The zero-order valence-corrected chi connectivity index (χ0v) is 24.7. The van der Waals surface area contributed by atoms with Gasteiger partial charge in [0.1, 0.15) is 11.6 Å². The Morgan fingerprint density at radius 1 is 0.750 bits per heavy atom. The molecule has 1 unspecified atom stereocenters. The van der Waals surface area contributed by atoms with Crippen molar-refractivity contribution >= 4 is 0 Å². The van der Waals surface area contributed by atoms with Gasteiger partial charge in [-0.1, -0.05) is 37.6 Å². The molecule has 0 saturated heterocycles. The zero-order valence-electron chi connectivity index (χ0n) is 24.7. The highest BCUT2D eigenvalue weighted by Gasteiger charge is 2.33. The Labute approximate surface area is 240 Å². The van der Waals surface area contributed by atoms with Crippen molar-refractivity contribution in [2.45, 2.75) is 128 Å². The van der Waals surface area contributed by atoms with Crippen molar-refractivity contribution < 1.29 is 18.6 Å². The predicted molar refractivity (Wildman–Crippen MR) is 159 cm³/mol. The van der Waals surface area contributed by atoms with Crippen LogP contribution in [0.15, 0.2) is 36.4 Å². The molecule has 3 saturated carbocycles. The number of rotatable bonds is 9. The number of benzene rings is 2. The van der Waals surface area contributed by atoms with Gasteiger partial charge in [0.2, 0.25) is 0 Å². The molecule has 2 nitrogen and oxygen atoms in total. The van der Waals surface area contributed by atoms with Gasteiger partial charge in [0, 0.05) is 12.2 Å². The molecular formula is C36H50F2O2. The van der Waals surface area contributed by atoms with Crippen molar-refractivity contribution in [3.63, 3.8) is 0 Å². The fraction of sp³-hybridized carbons (Fsp3) is 0.667. The summed E-state index contributed by atoms with van der Waals surface area (Å²) in [6.07, 6.45) is 15.6. The second-order valence-corrected chi connectivity index (χ2v) is 13.0. The average Bonchev–Trinajstić information content (AvgIpc) is 2.98. The van der Waals surface area contributed by atoms with Crippen LogP contribution in [-0.2, 0) is 4.74 Å². The molecule has 2 aromatic rings. The number of hydrogen-bond donors (Lipinski definition) is 1. The second kappa shape index (κ2) is 13.9. The molecule has 3 aliphatic rings. The maximum absolute atomic E-state index is 15.4. The molecule has 1 N–H and O–H groups in total. The maximum Gasteiger partial charge on any atom is 0.131 e. The van der Waals surface area contributed by atoms with Gasteiger partial charge >= 0.3 is 0 Å². The van der Waals surface area contributed by atoms with Crippen molar-refractivity contribution in [1.82, 2.24) is 0 Å². The summed E-state index contributed by atoms with van der Waals surface area (Å²) in [4.78, 5) is 0. The first-order valence-electron chi connectivity index (χ1n) is 16.4. The van der Waals surface area contributed by atoms with Crippen LogP contribution in [0.5, 0.6) is 0 Å². The molecule has 3 fully saturated rings. The van der Waals surface area contributed by atoms with Crippen LogP contribution in [-0.4, -0.2) is 23.9 Å². The first-order valence-corrected chi connectivity index (χ1v) is 16.4. The number of aliphatic hydroxyl groups excluding tert-OH is 1. The van der Waals surface area contributed by atoms with Gasteiger partial charge in [0.25, 0.3) is 0 Å². The Morgan fingerprint density at radius 2 is 1.40 bits per heavy atom. The molecule has 4 heteroatoms. The molecule has 0 heterocycles. The number of hydrogen-bond acceptors (Lipinski definition) is 2. The lowest BCUT2D eigenvalue weighted by atomic mass is 9.67. The molecule has 1 atom stereocenters. The van der Waals surface area contributed by atoms with Crippen LogP contribution in [0.25, 0.3) is 11.1 Å². The van der Waals surface area contributed by atoms with Crippen molar-refractivity contribution in [1.29, 1.82) is 0 Å². The van der Waals surface area contributed by atoms with Crippen molar-refractivity contribution in [3.05, 3.63) is 59.2 Å². The Morgan fingerprint density at radius 3 is 2.00 bits per heavy atom. The summed E-state index contributed by atoms with van der Waals surface area (Å²) in [5.41, 5.74) is 2.97. The molecule has 2 aromatic carbocycles. The fourth-order valence-electron chi connectivity index (χ4n) is 8.28. The van der Waals surface area contributed by atoms with Crippen LogP contribution >= 0.6 is 0 Å². The summed E-state index contributed by atoms with van der Waals surface area (Å²) in [6, 6.07) is 11.0. The van der Waals surface area contributed by atoms with E-state index in [2.05, 4.69) is 13.0 Å². The van der Waals surface area contributed by atoms with Gasteiger partial charge in [-0.15, -0.1) is 0 Å². The van der Waals surface area contributed by atoms with E-state index in [0.717, 1.165) is 80.9 Å². The van der Waals surface area contributed by atoms with Gasteiger partial charge in [-0.05, 0) is 149 Å². The first kappa shape index (κ1) is 29.7. The maximum atomic E-state index is 15.4. The molecule has 5 rings (SSSR count). The number of ether oxygens (including phenoxy) is 1. The van der Waals surface area contributed by atoms with Gasteiger partial charge in [0.15, 0.2) is 0 Å². The molecule has 0 amide bonds. The summed E-state index contributed by atoms with van der Waals surface area (Å²) in [6.45, 7) is 4.91. The third kappa shape index (κ3) is 6.98. The monoisotopic (exact) mass is 552 g/mol. The van der Waals surface area contributed by atoms with Gasteiger partial charge in [-0.2, -0.15) is 0 Å². The number of halogens is 2. The molecule has 220 valence electrons. The smallest absolute Gasteiger partial charge is 0.131 e. The Kier molecular flexibility index (Phi) is 10.3. The SMILES string of the molecule is CCCC(O)C1CCC(C2CCC(c3ccc(-c4ccc(C5CCC(OCC)CC5)c(F)c4)c(F)c3)CC2)CC1. The lowest BCUT2D eigenvalue weighted by Gasteiger charge is -2.39. The predicted octanol–water partition coefficient (Wildman–Crippen LogP) is 9.94. The Bertz CT molecular complexity index is 1080. The molecule has 3 aliphatic carbocycles. The van der Waals surface area contributed by atoms with E-state index < -0.39 is 0 Å². The van der Waals surface area contributed by atoms with Crippen LogP contribution in [0.1, 0.15) is 127 Å². The Balaban J connectivity index is 1.15. The quantitative estimate of drug-likeness (QED) is 0.335. The summed E-state index contributed by atoms with van der Waals surface area (Å²) < 4.78 is 36.3. The lowest BCUT2D eigenvalue weighted by Crippen LogP contribution is -2.30. The third-order valence-electron chi connectivity index (χ3n) is 10.7. The minimum atomic E-state index is -0.243. The molecule has 0 bridgehead atoms. The molecule has 0 spiro atoms. The zero-order chi connectivity index (χ0) is 28.1. The molecule has 0 aliphatic heterocycles. The van der Waals surface area contributed by atoms with E-state index in [1.807, 2.05) is 25.1 Å². The summed E-state index contributed by atoms with van der Waals surface area (Å²) in [5, 5.41) is 10.4. The average molecular weight is 553 g/mol. The van der Waals surface area contributed by atoms with E-state index in [1.165, 1.54) is 44.6 Å². The van der Waals surface area contributed by atoms with E-state index in [0.29, 0.717) is 29.1 Å². The van der Waals surface area contributed by atoms with Crippen LogP contribution in [0, 0.1) is 29.4 Å². The van der Waals surface area contributed by atoms with Crippen LogP contribution in [0.4, 0.5) is 8.78 Å². The van der Waals surface area contributed by atoms with Gasteiger partial charge < -0.3 is 9.84 Å². The fourth-order valence-corrected chi connectivity index (χ4v) is 8.28. The second-order valence-electron chi connectivity index (χ2n) is 13.0. The van der Waals surface area contributed by atoms with Crippen molar-refractivity contribution in [2.75, 3.05) is 6.61 Å². The largest absolute Gasteiger partial charge is 0.393 e. The lowest BCUT2D eigenvalue weighted by molar-refractivity contribution is 0.0326. The van der Waals surface area contributed by atoms with Crippen LogP contribution in [0.3, 0.4) is 0 Å². The van der Waals surface area contributed by atoms with Gasteiger partial charge in [0.05, 0.1) is 12.2 Å².